The Morgan fingerprint density at radius 3 is 2.70 bits per heavy atom. The van der Waals surface area contributed by atoms with Crippen LogP contribution in [0.5, 0.6) is 0 Å². The molecule has 0 amide bonds. The number of nitrogens with zero attached hydrogens (tertiary/aromatic N) is 1. The summed E-state index contributed by atoms with van der Waals surface area (Å²) in [5.41, 5.74) is 6.52. The highest BCUT2D eigenvalue weighted by Crippen LogP contribution is 2.01. The van der Waals surface area contributed by atoms with Gasteiger partial charge in [-0.25, -0.2) is 3.21 Å². The highest BCUT2D eigenvalue weighted by molar-refractivity contribution is 14.1. The third-order valence-electron chi connectivity index (χ3n) is 1.29. The molecule has 0 spiro atoms. The molecule has 58 valence electrons. The second-order valence-corrected chi connectivity index (χ2v) is 2.63. The second-order valence-electron chi connectivity index (χ2n) is 2.15. The number of allylic oxidation sites excluding steroid dienone is 2. The van der Waals surface area contributed by atoms with Crippen molar-refractivity contribution >= 4 is 28.6 Å². The monoisotopic (exact) mass is 252 g/mol. The lowest BCUT2D eigenvalue weighted by Crippen LogP contribution is -2.18. The van der Waals surface area contributed by atoms with Gasteiger partial charge in [-0.05, 0) is 13.0 Å². The largest absolute Gasteiger partial charge is 0.330 e. The Labute approximate surface area is 76.1 Å². The summed E-state index contributed by atoms with van der Waals surface area (Å²) in [5, 5.41) is 0. The van der Waals surface area contributed by atoms with Crippen LogP contribution in [0.15, 0.2) is 15.4 Å². The second kappa shape index (κ2) is 5.85. The van der Waals surface area contributed by atoms with Crippen molar-refractivity contribution in [3.05, 3.63) is 12.2 Å². The number of hydrogen-bond donors (Lipinski definition) is 1. The molecule has 0 aromatic carbocycles. The predicted molar refractivity (Wildman–Crippen MR) is 54.5 cm³/mol. The average Bonchev–Trinajstić information content (AvgIpc) is 1.99. The minimum absolute atomic E-state index is 0.369. The fourth-order valence-corrected chi connectivity index (χ4v) is 1.20. The van der Waals surface area contributed by atoms with Crippen molar-refractivity contribution in [2.45, 2.75) is 13.8 Å². The highest BCUT2D eigenvalue weighted by Gasteiger charge is 2.02. The minimum Gasteiger partial charge on any atom is -0.330 e. The molecule has 1 unspecified atom stereocenters. The summed E-state index contributed by atoms with van der Waals surface area (Å²) in [4.78, 5) is 0. The molecule has 1 atom stereocenters. The first-order chi connectivity index (χ1) is 4.76. The molecular weight excluding hydrogens is 239 g/mol. The van der Waals surface area contributed by atoms with Crippen LogP contribution in [0.4, 0.5) is 0 Å². The Kier molecular flexibility index (Phi) is 5.91. The standard InChI is InChI=1S/C7H13IN2/c1-3-4-7(10-8)6(2)5-9/h3-4,6H,5,9H2,1-2H3/b4-3-,10-7-. The van der Waals surface area contributed by atoms with Gasteiger partial charge in [0.2, 0.25) is 0 Å². The van der Waals surface area contributed by atoms with Crippen molar-refractivity contribution in [1.29, 1.82) is 0 Å². The Morgan fingerprint density at radius 1 is 1.80 bits per heavy atom. The molecule has 0 bridgehead atoms. The Balaban J connectivity index is 4.08. The fraction of sp³-hybridized carbons (Fsp3) is 0.571. The van der Waals surface area contributed by atoms with E-state index in [0.717, 1.165) is 5.71 Å². The summed E-state index contributed by atoms with van der Waals surface area (Å²) in [6.07, 6.45) is 3.97. The third-order valence-corrected chi connectivity index (χ3v) is 1.85. The summed E-state index contributed by atoms with van der Waals surface area (Å²) < 4.78 is 4.07. The van der Waals surface area contributed by atoms with Gasteiger partial charge in [-0.15, -0.1) is 0 Å². The van der Waals surface area contributed by atoms with Crippen LogP contribution in [-0.4, -0.2) is 12.3 Å². The molecule has 2 N–H and O–H groups in total. The first-order valence-electron chi connectivity index (χ1n) is 3.27. The first kappa shape index (κ1) is 10.1. The van der Waals surface area contributed by atoms with Crippen LogP contribution in [-0.2, 0) is 0 Å². The van der Waals surface area contributed by atoms with Crippen molar-refractivity contribution in [2.24, 2.45) is 14.9 Å². The van der Waals surface area contributed by atoms with Crippen LogP contribution in [0.2, 0.25) is 0 Å². The maximum atomic E-state index is 5.46. The third kappa shape index (κ3) is 3.31. The van der Waals surface area contributed by atoms with E-state index in [1.807, 2.05) is 41.9 Å². The number of rotatable bonds is 3. The Morgan fingerprint density at radius 2 is 2.40 bits per heavy atom. The van der Waals surface area contributed by atoms with Crippen molar-refractivity contribution < 1.29 is 0 Å². The average molecular weight is 252 g/mol. The normalized spacial score (nSPS) is 16.2. The van der Waals surface area contributed by atoms with Gasteiger partial charge in [0.25, 0.3) is 0 Å². The molecule has 0 heterocycles. The molecule has 0 radical (unpaired) electrons. The molecule has 0 aromatic heterocycles. The van der Waals surface area contributed by atoms with E-state index < -0.39 is 0 Å². The van der Waals surface area contributed by atoms with Gasteiger partial charge in [0.1, 0.15) is 0 Å². The molecular formula is C7H13IN2. The number of halogens is 1. The SMILES string of the molecule is C/C=C\C(=N\I)C(C)CN. The maximum absolute atomic E-state index is 5.46. The van der Waals surface area contributed by atoms with Gasteiger partial charge in [0.05, 0.1) is 28.6 Å². The van der Waals surface area contributed by atoms with E-state index >= 15 is 0 Å². The van der Waals surface area contributed by atoms with Crippen molar-refractivity contribution in [3.8, 4) is 0 Å². The highest BCUT2D eigenvalue weighted by atomic mass is 127. The molecule has 0 aliphatic carbocycles. The quantitative estimate of drug-likeness (QED) is 0.605. The first-order valence-corrected chi connectivity index (χ1v) is 4.24. The van der Waals surface area contributed by atoms with Gasteiger partial charge in [-0.1, -0.05) is 13.0 Å². The predicted octanol–water partition coefficient (Wildman–Crippen LogP) is 1.95. The number of hydrogen-bond acceptors (Lipinski definition) is 2. The lowest BCUT2D eigenvalue weighted by molar-refractivity contribution is 0.788. The zero-order chi connectivity index (χ0) is 7.98. The van der Waals surface area contributed by atoms with Crippen LogP contribution in [0.25, 0.3) is 0 Å². The summed E-state index contributed by atoms with van der Waals surface area (Å²) >= 11 is 1.99. The van der Waals surface area contributed by atoms with Crippen molar-refractivity contribution in [2.75, 3.05) is 6.54 Å². The van der Waals surface area contributed by atoms with Crippen molar-refractivity contribution in [3.63, 3.8) is 0 Å². The van der Waals surface area contributed by atoms with Crippen molar-refractivity contribution in [1.82, 2.24) is 0 Å². The van der Waals surface area contributed by atoms with E-state index in [1.54, 1.807) is 0 Å². The molecule has 0 rings (SSSR count). The fourth-order valence-electron chi connectivity index (χ4n) is 0.567. The Bertz CT molecular complexity index is 141. The van der Waals surface area contributed by atoms with Gasteiger partial charge >= 0.3 is 0 Å². The van der Waals surface area contributed by atoms with Crippen LogP contribution < -0.4 is 5.73 Å². The summed E-state index contributed by atoms with van der Waals surface area (Å²) in [6.45, 7) is 4.70. The lowest BCUT2D eigenvalue weighted by atomic mass is 10.1. The molecule has 0 saturated carbocycles. The summed E-state index contributed by atoms with van der Waals surface area (Å²) in [7, 11) is 0. The molecule has 0 fully saturated rings. The van der Waals surface area contributed by atoms with Gasteiger partial charge in [0.15, 0.2) is 0 Å². The molecule has 0 aromatic rings. The molecule has 0 aliphatic heterocycles. The topological polar surface area (TPSA) is 38.4 Å². The Hall–Kier alpha value is 0.1000. The van der Waals surface area contributed by atoms with E-state index in [-0.39, 0.29) is 0 Å². The van der Waals surface area contributed by atoms with E-state index in [4.69, 9.17) is 5.73 Å². The lowest BCUT2D eigenvalue weighted by Gasteiger charge is -2.05. The van der Waals surface area contributed by atoms with E-state index in [9.17, 15) is 0 Å². The minimum atomic E-state index is 0.369. The zero-order valence-corrected chi connectivity index (χ0v) is 8.50. The molecule has 0 aliphatic rings. The van der Waals surface area contributed by atoms with Crippen LogP contribution in [0.1, 0.15) is 13.8 Å². The summed E-state index contributed by atoms with van der Waals surface area (Å²) in [6, 6.07) is 0. The van der Waals surface area contributed by atoms with Crippen LogP contribution >= 0.6 is 22.9 Å². The molecule has 0 saturated heterocycles. The maximum Gasteiger partial charge on any atom is 0.0834 e. The number of nitrogens with two attached hydrogens (primary N) is 1. The van der Waals surface area contributed by atoms with Gasteiger partial charge in [0, 0.05) is 12.5 Å². The summed E-state index contributed by atoms with van der Waals surface area (Å²) in [5.74, 6) is 0.369. The van der Waals surface area contributed by atoms with E-state index in [0.29, 0.717) is 12.5 Å². The van der Waals surface area contributed by atoms with E-state index in [1.165, 1.54) is 0 Å². The van der Waals surface area contributed by atoms with E-state index in [2.05, 4.69) is 10.1 Å². The van der Waals surface area contributed by atoms with Gasteiger partial charge in [-0.2, -0.15) is 0 Å². The van der Waals surface area contributed by atoms with Crippen LogP contribution in [0.3, 0.4) is 0 Å². The smallest absolute Gasteiger partial charge is 0.0834 e. The zero-order valence-electron chi connectivity index (χ0n) is 6.34. The van der Waals surface area contributed by atoms with Gasteiger partial charge < -0.3 is 5.73 Å². The molecule has 3 heteroatoms. The van der Waals surface area contributed by atoms with Crippen LogP contribution in [0, 0.1) is 5.92 Å². The molecule has 10 heavy (non-hydrogen) atoms. The molecule has 2 nitrogen and oxygen atoms in total. The van der Waals surface area contributed by atoms with Gasteiger partial charge in [-0.3, -0.25) is 0 Å².